The van der Waals surface area contributed by atoms with Crippen LogP contribution in [0.1, 0.15) is 30.6 Å². The highest BCUT2D eigenvalue weighted by molar-refractivity contribution is 7.19. The highest BCUT2D eigenvalue weighted by Gasteiger charge is 2.40. The molecule has 1 fully saturated rings. The third-order valence-electron chi connectivity index (χ3n) is 5.78. The number of carbonyl (C=O) groups is 1. The lowest BCUT2D eigenvalue weighted by atomic mass is 9.78. The second-order valence-corrected chi connectivity index (χ2v) is 8.88. The van der Waals surface area contributed by atoms with Crippen molar-refractivity contribution in [3.8, 4) is 0 Å². The Labute approximate surface area is 168 Å². The van der Waals surface area contributed by atoms with Crippen LogP contribution in [0.4, 0.5) is 0 Å². The van der Waals surface area contributed by atoms with Gasteiger partial charge in [0, 0.05) is 34.8 Å². The number of ether oxygens (including phenoxy) is 2. The number of aliphatic hydroxyl groups excluding tert-OH is 2. The summed E-state index contributed by atoms with van der Waals surface area (Å²) in [6.07, 6.45) is 1.15. The molecule has 5 nitrogen and oxygen atoms in total. The fourth-order valence-electron chi connectivity index (χ4n) is 4.37. The molecule has 150 valence electrons. The van der Waals surface area contributed by atoms with Gasteiger partial charge in [-0.1, -0.05) is 18.2 Å². The van der Waals surface area contributed by atoms with Crippen LogP contribution in [0.25, 0.3) is 10.1 Å². The van der Waals surface area contributed by atoms with Crippen LogP contribution in [0.2, 0.25) is 0 Å². The third kappa shape index (κ3) is 4.01. The van der Waals surface area contributed by atoms with Crippen LogP contribution in [0.15, 0.2) is 41.7 Å². The van der Waals surface area contributed by atoms with E-state index in [1.54, 1.807) is 18.4 Å². The number of thiophene rings is 1. The van der Waals surface area contributed by atoms with Gasteiger partial charge in [-0.25, -0.2) is 0 Å². The number of aliphatic hydroxyl groups is 2. The molecule has 2 aromatic rings. The highest BCUT2D eigenvalue weighted by atomic mass is 32.1. The van der Waals surface area contributed by atoms with Crippen molar-refractivity contribution < 1.29 is 24.5 Å². The molecule has 2 aliphatic rings. The van der Waals surface area contributed by atoms with Crippen LogP contribution in [-0.2, 0) is 20.7 Å². The lowest BCUT2D eigenvalue weighted by Gasteiger charge is -2.38. The van der Waals surface area contributed by atoms with Crippen LogP contribution >= 0.6 is 11.3 Å². The van der Waals surface area contributed by atoms with Gasteiger partial charge in [-0.2, -0.15) is 0 Å². The van der Waals surface area contributed by atoms with Gasteiger partial charge in [-0.3, -0.25) is 4.79 Å². The summed E-state index contributed by atoms with van der Waals surface area (Å²) >= 11 is 1.77. The molecule has 4 rings (SSSR count). The molecule has 0 saturated carbocycles. The Hall–Kier alpha value is -1.73. The number of benzene rings is 1. The molecule has 4 atom stereocenters. The van der Waals surface area contributed by atoms with Gasteiger partial charge in [0.2, 0.25) is 0 Å². The van der Waals surface area contributed by atoms with Gasteiger partial charge >= 0.3 is 0 Å². The fourth-order valence-corrected chi connectivity index (χ4v) is 5.48. The summed E-state index contributed by atoms with van der Waals surface area (Å²) in [6.45, 7) is -0.137. The maximum Gasteiger partial charge on any atom is 0.146 e. The quantitative estimate of drug-likeness (QED) is 0.803. The van der Waals surface area contributed by atoms with E-state index in [1.807, 2.05) is 12.1 Å². The van der Waals surface area contributed by atoms with E-state index in [-0.39, 0.29) is 30.8 Å². The van der Waals surface area contributed by atoms with Crippen LogP contribution in [0.5, 0.6) is 0 Å². The van der Waals surface area contributed by atoms with E-state index in [0.29, 0.717) is 19.3 Å². The minimum absolute atomic E-state index is 0.0905. The molecule has 1 saturated heterocycles. The fraction of sp³-hybridized carbons (Fsp3) is 0.500. The summed E-state index contributed by atoms with van der Waals surface area (Å²) in [6, 6.07) is 10.5. The Bertz CT molecular complexity index is 853. The van der Waals surface area contributed by atoms with Gasteiger partial charge < -0.3 is 19.7 Å². The Morgan fingerprint density at radius 3 is 2.86 bits per heavy atom. The minimum Gasteiger partial charge on any atom is -0.501 e. The second-order valence-electron chi connectivity index (χ2n) is 7.72. The Morgan fingerprint density at radius 2 is 2.11 bits per heavy atom. The summed E-state index contributed by atoms with van der Waals surface area (Å²) in [5, 5.41) is 20.8. The molecule has 2 N–H and O–H groups in total. The zero-order valence-corrected chi connectivity index (χ0v) is 16.8. The van der Waals surface area contributed by atoms with Crippen LogP contribution in [-0.4, -0.2) is 48.0 Å². The van der Waals surface area contributed by atoms with Crippen molar-refractivity contribution >= 4 is 27.2 Å². The van der Waals surface area contributed by atoms with Gasteiger partial charge in [0.15, 0.2) is 0 Å². The summed E-state index contributed by atoms with van der Waals surface area (Å²) < 4.78 is 12.7. The molecule has 0 bridgehead atoms. The minimum atomic E-state index is -0.539. The Morgan fingerprint density at radius 1 is 1.29 bits per heavy atom. The van der Waals surface area contributed by atoms with Gasteiger partial charge in [0.1, 0.15) is 11.5 Å². The van der Waals surface area contributed by atoms with Gasteiger partial charge in [0.25, 0.3) is 0 Å². The van der Waals surface area contributed by atoms with Crippen LogP contribution in [0, 0.1) is 5.92 Å². The number of carbonyl (C=O) groups excluding carboxylic acids is 1. The van der Waals surface area contributed by atoms with E-state index in [2.05, 4.69) is 18.2 Å². The van der Waals surface area contributed by atoms with Gasteiger partial charge in [0.05, 0.1) is 38.4 Å². The molecule has 1 aliphatic heterocycles. The highest BCUT2D eigenvalue weighted by Crippen LogP contribution is 2.37. The first-order valence-electron chi connectivity index (χ1n) is 9.76. The number of fused-ring (bicyclic) bond motifs is 1. The van der Waals surface area contributed by atoms with E-state index in [0.717, 1.165) is 17.8 Å². The molecule has 6 heteroatoms. The maximum atomic E-state index is 12.8. The molecule has 0 radical (unpaired) electrons. The molecule has 28 heavy (non-hydrogen) atoms. The van der Waals surface area contributed by atoms with Gasteiger partial charge in [-0.05, 0) is 29.5 Å². The smallest absolute Gasteiger partial charge is 0.146 e. The number of methoxy groups -OCH3 is 1. The normalized spacial score (nSPS) is 28.8. The van der Waals surface area contributed by atoms with Crippen LogP contribution in [0.3, 0.4) is 0 Å². The predicted molar refractivity (Wildman–Crippen MR) is 108 cm³/mol. The molecule has 4 unspecified atom stereocenters. The summed E-state index contributed by atoms with van der Waals surface area (Å²) in [7, 11) is 1.62. The van der Waals surface area contributed by atoms with E-state index in [9.17, 15) is 15.0 Å². The topological polar surface area (TPSA) is 76.0 Å². The lowest BCUT2D eigenvalue weighted by Crippen LogP contribution is -2.44. The number of ketones is 1. The first kappa shape index (κ1) is 19.6. The maximum absolute atomic E-state index is 12.8. The SMILES string of the molecule is COC1=C(Cc2cc3ccccc3s2)CC(C2CC(O)CC(CO)O2)C(=O)C1. The number of hydrogen-bond donors (Lipinski definition) is 2. The second kappa shape index (κ2) is 8.33. The monoisotopic (exact) mass is 402 g/mol. The lowest BCUT2D eigenvalue weighted by molar-refractivity contribution is -0.149. The summed E-state index contributed by atoms with van der Waals surface area (Å²) in [4.78, 5) is 14.0. The summed E-state index contributed by atoms with van der Waals surface area (Å²) in [5.74, 6) is 0.550. The number of Topliss-reactive ketones (excluding diaryl/α,β-unsaturated/α-hetero) is 1. The molecule has 1 aromatic heterocycles. The zero-order chi connectivity index (χ0) is 19.7. The Kier molecular flexibility index (Phi) is 5.83. The van der Waals surface area contributed by atoms with Crippen molar-refractivity contribution in [1.82, 2.24) is 0 Å². The molecular weight excluding hydrogens is 376 g/mol. The van der Waals surface area contributed by atoms with Crippen molar-refractivity contribution in [3.63, 3.8) is 0 Å². The average Bonchev–Trinajstić information content (AvgIpc) is 3.10. The first-order chi connectivity index (χ1) is 13.6. The van der Waals surface area contributed by atoms with E-state index in [4.69, 9.17) is 9.47 Å². The van der Waals surface area contributed by atoms with Gasteiger partial charge in [-0.15, -0.1) is 11.3 Å². The predicted octanol–water partition coefficient (Wildman–Crippen LogP) is 3.22. The third-order valence-corrected chi connectivity index (χ3v) is 6.89. The first-order valence-corrected chi connectivity index (χ1v) is 10.6. The van der Waals surface area contributed by atoms with E-state index >= 15 is 0 Å². The number of allylic oxidation sites excluding steroid dienone is 2. The molecule has 1 aliphatic carbocycles. The molecule has 1 aromatic carbocycles. The largest absolute Gasteiger partial charge is 0.501 e. The summed E-state index contributed by atoms with van der Waals surface area (Å²) in [5.41, 5.74) is 1.13. The number of hydrogen-bond acceptors (Lipinski definition) is 6. The molecular formula is C22H26O5S. The molecule has 0 spiro atoms. The van der Waals surface area contributed by atoms with E-state index < -0.39 is 12.2 Å². The van der Waals surface area contributed by atoms with Crippen molar-refractivity contribution in [1.29, 1.82) is 0 Å². The van der Waals surface area contributed by atoms with Crippen molar-refractivity contribution in [3.05, 3.63) is 46.5 Å². The number of rotatable bonds is 5. The standard InChI is InChI=1S/C22H26O5S/c1-26-20-11-19(25)18(21-10-15(24)9-16(12-23)27-21)8-14(20)7-17-6-13-4-2-3-5-22(13)28-17/h2-6,15-16,18,21,23-24H,7-12H2,1H3. The van der Waals surface area contributed by atoms with Crippen molar-refractivity contribution in [2.75, 3.05) is 13.7 Å². The van der Waals surface area contributed by atoms with Crippen LogP contribution < -0.4 is 0 Å². The van der Waals surface area contributed by atoms with E-state index in [1.165, 1.54) is 15.0 Å². The Balaban J connectivity index is 1.56. The van der Waals surface area contributed by atoms with Crippen molar-refractivity contribution in [2.24, 2.45) is 5.92 Å². The average molecular weight is 403 g/mol. The molecule has 2 heterocycles. The molecule has 0 amide bonds. The van der Waals surface area contributed by atoms with Crippen molar-refractivity contribution in [2.45, 2.75) is 50.4 Å². The zero-order valence-electron chi connectivity index (χ0n) is 16.0.